The summed E-state index contributed by atoms with van der Waals surface area (Å²) in [6.07, 6.45) is 5.94. The number of nitrogens with zero attached hydrogens (tertiary/aromatic N) is 2. The minimum absolute atomic E-state index is 0.237. The number of aromatic nitrogens is 2. The fourth-order valence-corrected chi connectivity index (χ4v) is 2.92. The lowest BCUT2D eigenvalue weighted by atomic mass is 10.1. The molecule has 106 valence electrons. The Hall–Kier alpha value is -0.880. The van der Waals surface area contributed by atoms with Crippen molar-refractivity contribution >= 4 is 27.6 Å². The van der Waals surface area contributed by atoms with Gasteiger partial charge in [-0.15, -0.1) is 0 Å². The molecular weight excluding hydrogens is 308 g/mol. The third kappa shape index (κ3) is 3.57. The van der Waals surface area contributed by atoms with Gasteiger partial charge in [0.1, 0.15) is 22.4 Å². The van der Waals surface area contributed by atoms with E-state index in [9.17, 15) is 5.11 Å². The van der Waals surface area contributed by atoms with E-state index in [0.717, 1.165) is 48.3 Å². The highest BCUT2D eigenvalue weighted by atomic mass is 79.9. The largest absolute Gasteiger partial charge is 0.396 e. The second kappa shape index (κ2) is 7.05. The zero-order valence-electron chi connectivity index (χ0n) is 11.2. The molecule has 1 aliphatic rings. The number of anilines is 2. The van der Waals surface area contributed by atoms with Gasteiger partial charge in [-0.1, -0.05) is 13.3 Å². The van der Waals surface area contributed by atoms with Crippen molar-refractivity contribution in [3.8, 4) is 0 Å². The number of hydrogen-bond acceptors (Lipinski definition) is 5. The van der Waals surface area contributed by atoms with Crippen LogP contribution in [0, 0.1) is 5.92 Å². The first kappa shape index (κ1) is 14.5. The smallest absolute Gasteiger partial charge is 0.146 e. The molecule has 0 aliphatic heterocycles. The van der Waals surface area contributed by atoms with Crippen molar-refractivity contribution in [3.05, 3.63) is 10.8 Å². The Balaban J connectivity index is 2.07. The fraction of sp³-hybridized carbons (Fsp3) is 0.692. The van der Waals surface area contributed by atoms with Crippen LogP contribution >= 0.6 is 15.9 Å². The Kier molecular flexibility index (Phi) is 5.39. The molecule has 1 saturated carbocycles. The number of hydrogen-bond donors (Lipinski definition) is 3. The predicted molar refractivity (Wildman–Crippen MR) is 80.4 cm³/mol. The van der Waals surface area contributed by atoms with Crippen LogP contribution in [0.3, 0.4) is 0 Å². The number of nitrogens with one attached hydrogen (secondary N) is 2. The van der Waals surface area contributed by atoms with Crippen molar-refractivity contribution < 1.29 is 5.11 Å². The first-order valence-electron chi connectivity index (χ1n) is 6.88. The van der Waals surface area contributed by atoms with Crippen molar-refractivity contribution in [2.24, 2.45) is 5.92 Å². The van der Waals surface area contributed by atoms with E-state index in [-0.39, 0.29) is 6.61 Å². The highest BCUT2D eigenvalue weighted by Crippen LogP contribution is 2.32. The van der Waals surface area contributed by atoms with Crippen molar-refractivity contribution in [1.82, 2.24) is 9.97 Å². The number of aliphatic hydroxyl groups excluding tert-OH is 1. The first-order chi connectivity index (χ1) is 9.26. The quantitative estimate of drug-likeness (QED) is 0.748. The van der Waals surface area contributed by atoms with Crippen LogP contribution in [-0.4, -0.2) is 34.3 Å². The molecule has 1 aliphatic carbocycles. The molecule has 2 rings (SSSR count). The molecule has 2 atom stereocenters. The summed E-state index contributed by atoms with van der Waals surface area (Å²) in [5.41, 5.74) is 0. The molecular formula is C13H21BrN4O. The minimum Gasteiger partial charge on any atom is -0.396 e. The summed E-state index contributed by atoms with van der Waals surface area (Å²) in [6, 6.07) is 0.301. The highest BCUT2D eigenvalue weighted by Gasteiger charge is 2.27. The van der Waals surface area contributed by atoms with E-state index >= 15 is 0 Å². The first-order valence-corrected chi connectivity index (χ1v) is 7.67. The third-order valence-electron chi connectivity index (χ3n) is 3.55. The van der Waals surface area contributed by atoms with Gasteiger partial charge in [-0.25, -0.2) is 9.97 Å². The monoisotopic (exact) mass is 328 g/mol. The molecule has 0 amide bonds. The second-order valence-corrected chi connectivity index (χ2v) is 5.73. The summed E-state index contributed by atoms with van der Waals surface area (Å²) < 4.78 is 0.868. The van der Waals surface area contributed by atoms with Gasteiger partial charge >= 0.3 is 0 Å². The van der Waals surface area contributed by atoms with Gasteiger partial charge in [-0.05, 0) is 35.2 Å². The molecule has 0 radical (unpaired) electrons. The van der Waals surface area contributed by atoms with E-state index in [1.165, 1.54) is 0 Å². The Morgan fingerprint density at radius 2 is 2.16 bits per heavy atom. The van der Waals surface area contributed by atoms with E-state index < -0.39 is 0 Å². The van der Waals surface area contributed by atoms with Gasteiger partial charge in [-0.3, -0.25) is 0 Å². The number of aliphatic hydroxyl groups is 1. The van der Waals surface area contributed by atoms with Crippen LogP contribution in [0.1, 0.15) is 32.6 Å². The molecule has 5 nitrogen and oxygen atoms in total. The lowest BCUT2D eigenvalue weighted by Gasteiger charge is -2.20. The van der Waals surface area contributed by atoms with E-state index in [1.807, 2.05) is 0 Å². The molecule has 6 heteroatoms. The summed E-state index contributed by atoms with van der Waals surface area (Å²) in [5, 5.41) is 16.1. The van der Waals surface area contributed by atoms with Crippen LogP contribution in [0.25, 0.3) is 0 Å². The predicted octanol–water partition coefficient (Wildman–Crippen LogP) is 2.63. The SMILES string of the molecule is CCCNc1ncnc(NC2CCCC2CO)c1Br. The lowest BCUT2D eigenvalue weighted by molar-refractivity contribution is 0.222. The van der Waals surface area contributed by atoms with E-state index in [2.05, 4.69) is 43.5 Å². The van der Waals surface area contributed by atoms with Gasteiger partial charge in [0.05, 0.1) is 0 Å². The van der Waals surface area contributed by atoms with Crippen LogP contribution in [0.15, 0.2) is 10.8 Å². The second-order valence-electron chi connectivity index (χ2n) is 4.94. The molecule has 19 heavy (non-hydrogen) atoms. The molecule has 1 fully saturated rings. The van der Waals surface area contributed by atoms with Crippen molar-refractivity contribution in [2.45, 2.75) is 38.6 Å². The highest BCUT2D eigenvalue weighted by molar-refractivity contribution is 9.10. The average molecular weight is 329 g/mol. The Morgan fingerprint density at radius 1 is 1.37 bits per heavy atom. The lowest BCUT2D eigenvalue weighted by Crippen LogP contribution is -2.27. The topological polar surface area (TPSA) is 70.1 Å². The zero-order chi connectivity index (χ0) is 13.7. The van der Waals surface area contributed by atoms with Crippen molar-refractivity contribution in [1.29, 1.82) is 0 Å². The number of halogens is 1. The minimum atomic E-state index is 0.237. The van der Waals surface area contributed by atoms with E-state index in [1.54, 1.807) is 6.33 Å². The molecule has 1 aromatic heterocycles. The van der Waals surface area contributed by atoms with Gasteiger partial charge in [-0.2, -0.15) is 0 Å². The fourth-order valence-electron chi connectivity index (χ4n) is 2.46. The van der Waals surface area contributed by atoms with Crippen LogP contribution < -0.4 is 10.6 Å². The van der Waals surface area contributed by atoms with Crippen LogP contribution in [0.4, 0.5) is 11.6 Å². The summed E-state index contributed by atoms with van der Waals surface area (Å²) in [7, 11) is 0. The average Bonchev–Trinajstić information content (AvgIpc) is 2.87. The zero-order valence-corrected chi connectivity index (χ0v) is 12.8. The van der Waals surface area contributed by atoms with Gasteiger partial charge in [0, 0.05) is 25.1 Å². The molecule has 0 bridgehead atoms. The Morgan fingerprint density at radius 3 is 2.89 bits per heavy atom. The standard InChI is InChI=1S/C13H21BrN4O/c1-2-6-15-12-11(14)13(17-8-16-12)18-10-5-3-4-9(10)7-19/h8-10,19H,2-7H2,1H3,(H2,15,16,17,18). The van der Waals surface area contributed by atoms with Crippen LogP contribution in [-0.2, 0) is 0 Å². The maximum Gasteiger partial charge on any atom is 0.146 e. The van der Waals surface area contributed by atoms with Gasteiger partial charge < -0.3 is 15.7 Å². The van der Waals surface area contributed by atoms with Gasteiger partial charge in [0.2, 0.25) is 0 Å². The van der Waals surface area contributed by atoms with E-state index in [4.69, 9.17) is 0 Å². The molecule has 0 saturated heterocycles. The van der Waals surface area contributed by atoms with Crippen molar-refractivity contribution in [2.75, 3.05) is 23.8 Å². The number of rotatable bonds is 6. The molecule has 1 aromatic rings. The Labute approximate surface area is 122 Å². The summed E-state index contributed by atoms with van der Waals surface area (Å²) >= 11 is 3.55. The Bertz CT molecular complexity index is 416. The van der Waals surface area contributed by atoms with Gasteiger partial charge in [0.15, 0.2) is 0 Å². The molecule has 1 heterocycles. The molecule has 0 aromatic carbocycles. The van der Waals surface area contributed by atoms with Gasteiger partial charge in [0.25, 0.3) is 0 Å². The van der Waals surface area contributed by atoms with Crippen LogP contribution in [0.2, 0.25) is 0 Å². The maximum absolute atomic E-state index is 9.36. The summed E-state index contributed by atoms with van der Waals surface area (Å²) in [5.74, 6) is 1.95. The molecule has 0 spiro atoms. The maximum atomic E-state index is 9.36. The molecule has 2 unspecified atom stereocenters. The van der Waals surface area contributed by atoms with Crippen LogP contribution in [0.5, 0.6) is 0 Å². The normalized spacial score (nSPS) is 22.5. The summed E-state index contributed by atoms with van der Waals surface area (Å²) in [4.78, 5) is 8.52. The van der Waals surface area contributed by atoms with Crippen molar-refractivity contribution in [3.63, 3.8) is 0 Å². The summed E-state index contributed by atoms with van der Waals surface area (Å²) in [6.45, 7) is 3.24. The van der Waals surface area contributed by atoms with E-state index in [0.29, 0.717) is 12.0 Å². The third-order valence-corrected chi connectivity index (χ3v) is 4.30. The molecule has 3 N–H and O–H groups in total.